The van der Waals surface area contributed by atoms with E-state index in [9.17, 15) is 18.3 Å². The molecule has 3 aliphatic rings. The van der Waals surface area contributed by atoms with Gasteiger partial charge >= 0.3 is 6.18 Å². The normalized spacial score (nSPS) is 32.4. The summed E-state index contributed by atoms with van der Waals surface area (Å²) < 4.78 is 39.0. The van der Waals surface area contributed by atoms with E-state index in [1.54, 1.807) is 6.08 Å². The molecule has 0 spiro atoms. The summed E-state index contributed by atoms with van der Waals surface area (Å²) in [6.07, 6.45) is 11.8. The Morgan fingerprint density at radius 1 is 1.33 bits per heavy atom. The third-order valence-corrected chi connectivity index (χ3v) is 7.62. The monoisotopic (exact) mass is 463 g/mol. The van der Waals surface area contributed by atoms with E-state index in [0.717, 1.165) is 69.3 Å². The van der Waals surface area contributed by atoms with Gasteiger partial charge in [0.05, 0.1) is 6.10 Å². The quantitative estimate of drug-likeness (QED) is 0.257. The first-order chi connectivity index (χ1) is 15.6. The van der Waals surface area contributed by atoms with Crippen molar-refractivity contribution in [2.75, 3.05) is 7.11 Å². The van der Waals surface area contributed by atoms with E-state index in [4.69, 9.17) is 0 Å². The minimum atomic E-state index is -4.53. The lowest BCUT2D eigenvalue weighted by molar-refractivity contribution is -0.0604. The third-order valence-electron chi connectivity index (χ3n) is 7.62. The predicted octanol–water partition coefficient (Wildman–Crippen LogP) is 7.22. The fourth-order valence-corrected chi connectivity index (χ4v) is 5.83. The van der Waals surface area contributed by atoms with Gasteiger partial charge in [-0.2, -0.15) is 13.2 Å². The van der Waals surface area contributed by atoms with Gasteiger partial charge in [-0.25, -0.2) is 0 Å². The van der Waals surface area contributed by atoms with Crippen LogP contribution in [-0.4, -0.2) is 30.2 Å². The van der Waals surface area contributed by atoms with Gasteiger partial charge in [0.2, 0.25) is 0 Å². The molecule has 0 amide bonds. The molecular formula is C27H36F3NO2. The summed E-state index contributed by atoms with van der Waals surface area (Å²) in [6.45, 7) is 8.48. The molecule has 0 aromatic rings. The maximum atomic E-state index is 13.0. The average molecular weight is 464 g/mol. The number of fused-ring (bicyclic) bond motifs is 1. The molecule has 4 unspecified atom stereocenters. The molecule has 1 N–H and O–H groups in total. The van der Waals surface area contributed by atoms with Crippen molar-refractivity contribution in [3.63, 3.8) is 0 Å². The van der Waals surface area contributed by atoms with Crippen molar-refractivity contribution >= 4 is 5.71 Å². The smallest absolute Gasteiger partial charge is 0.399 e. The van der Waals surface area contributed by atoms with Crippen LogP contribution >= 0.6 is 0 Å². The fourth-order valence-electron chi connectivity index (χ4n) is 5.83. The van der Waals surface area contributed by atoms with Crippen molar-refractivity contribution in [3.8, 4) is 0 Å². The molecule has 0 aromatic heterocycles. The minimum absolute atomic E-state index is 0.0341. The second-order valence-corrected chi connectivity index (χ2v) is 9.78. The highest BCUT2D eigenvalue weighted by Gasteiger charge is 2.45. The van der Waals surface area contributed by atoms with E-state index >= 15 is 0 Å². The van der Waals surface area contributed by atoms with E-state index in [1.807, 2.05) is 0 Å². The van der Waals surface area contributed by atoms with Gasteiger partial charge in [-0.05, 0) is 85.8 Å². The summed E-state index contributed by atoms with van der Waals surface area (Å²) in [5, 5.41) is 13.2. The fraction of sp³-hybridized carbons (Fsp3) is 0.593. The van der Waals surface area contributed by atoms with Gasteiger partial charge in [-0.15, -0.1) is 0 Å². The van der Waals surface area contributed by atoms with Gasteiger partial charge in [-0.1, -0.05) is 61.0 Å². The molecule has 3 aliphatic carbocycles. The third kappa shape index (κ3) is 5.71. The lowest BCUT2D eigenvalue weighted by Gasteiger charge is -2.42. The topological polar surface area (TPSA) is 41.8 Å². The molecule has 0 aliphatic heterocycles. The van der Waals surface area contributed by atoms with Gasteiger partial charge in [0, 0.05) is 0 Å². The summed E-state index contributed by atoms with van der Waals surface area (Å²) in [4.78, 5) is 4.34. The zero-order valence-corrected chi connectivity index (χ0v) is 19.9. The Hall–Kier alpha value is -2.08. The number of hydrogen-bond acceptors (Lipinski definition) is 3. The molecule has 0 aromatic carbocycles. The zero-order valence-electron chi connectivity index (χ0n) is 19.9. The van der Waals surface area contributed by atoms with E-state index in [0.29, 0.717) is 12.3 Å². The first kappa shape index (κ1) is 25.5. The van der Waals surface area contributed by atoms with Crippen LogP contribution in [0.4, 0.5) is 13.2 Å². The molecule has 3 rings (SSSR count). The van der Waals surface area contributed by atoms with Crippen molar-refractivity contribution in [1.82, 2.24) is 0 Å². The first-order valence-electron chi connectivity index (χ1n) is 11.9. The van der Waals surface area contributed by atoms with Gasteiger partial charge in [0.15, 0.2) is 5.71 Å². The Bertz CT molecular complexity index is 894. The lowest BCUT2D eigenvalue weighted by atomic mass is 9.62. The molecule has 6 heteroatoms. The largest absolute Gasteiger partial charge is 0.436 e. The standard InChI is InChI=1S/C27H36F3NO2/c1-18(8-5-12-25(31-33-4)27(28,29)30)22-15-16-23-21(10-7-17-26(22,23)3)14-13-20-9-6-11-24(32)19(20)2/h5,12-15,18,23-24,32H,2,6-11,16-17H2,1,3-4H3/b12-5+,20-13-,21-14+,31-25+. The van der Waals surface area contributed by atoms with Crippen LogP contribution in [0.1, 0.15) is 65.2 Å². The van der Waals surface area contributed by atoms with Crippen LogP contribution in [0.2, 0.25) is 0 Å². The summed E-state index contributed by atoms with van der Waals surface area (Å²) in [7, 11) is 1.11. The second kappa shape index (κ2) is 10.5. The van der Waals surface area contributed by atoms with Gasteiger partial charge in [0.25, 0.3) is 0 Å². The van der Waals surface area contributed by atoms with Gasteiger partial charge < -0.3 is 9.94 Å². The Kier molecular flexibility index (Phi) is 8.09. The number of aliphatic hydroxyl groups excluding tert-OH is 1. The Balaban J connectivity index is 1.71. The van der Waals surface area contributed by atoms with Crippen LogP contribution in [-0.2, 0) is 4.84 Å². The summed E-state index contributed by atoms with van der Waals surface area (Å²) in [5.74, 6) is 0.575. The number of aliphatic hydroxyl groups is 1. The second-order valence-electron chi connectivity index (χ2n) is 9.78. The van der Waals surface area contributed by atoms with Crippen molar-refractivity contribution in [2.45, 2.75) is 77.5 Å². The Labute approximate surface area is 195 Å². The summed E-state index contributed by atoms with van der Waals surface area (Å²) in [5.41, 5.74) is 3.79. The van der Waals surface area contributed by atoms with Crippen LogP contribution < -0.4 is 0 Å². The molecule has 33 heavy (non-hydrogen) atoms. The Morgan fingerprint density at radius 2 is 2.09 bits per heavy atom. The summed E-state index contributed by atoms with van der Waals surface area (Å²) in [6, 6.07) is 0. The molecule has 0 radical (unpaired) electrons. The zero-order chi connectivity index (χ0) is 24.2. The van der Waals surface area contributed by atoms with Gasteiger partial charge in [0.1, 0.15) is 7.11 Å². The molecular weight excluding hydrogens is 427 g/mol. The number of allylic oxidation sites excluding steroid dienone is 7. The highest BCUT2D eigenvalue weighted by Crippen LogP contribution is 2.57. The Morgan fingerprint density at radius 3 is 2.79 bits per heavy atom. The molecule has 4 atom stereocenters. The molecule has 3 nitrogen and oxygen atoms in total. The van der Waals surface area contributed by atoms with Crippen LogP contribution in [0.3, 0.4) is 0 Å². The van der Waals surface area contributed by atoms with Crippen LogP contribution in [0, 0.1) is 17.3 Å². The number of halogens is 3. The maximum Gasteiger partial charge on any atom is 0.436 e. The van der Waals surface area contributed by atoms with E-state index in [1.165, 1.54) is 11.1 Å². The van der Waals surface area contributed by atoms with E-state index in [-0.39, 0.29) is 11.3 Å². The van der Waals surface area contributed by atoms with E-state index < -0.39 is 18.0 Å². The van der Waals surface area contributed by atoms with Crippen LogP contribution in [0.15, 0.2) is 64.4 Å². The van der Waals surface area contributed by atoms with Crippen LogP contribution in [0.5, 0.6) is 0 Å². The lowest BCUT2D eigenvalue weighted by Crippen LogP contribution is -2.32. The molecule has 2 fully saturated rings. The minimum Gasteiger partial charge on any atom is -0.399 e. The number of alkyl halides is 3. The predicted molar refractivity (Wildman–Crippen MR) is 127 cm³/mol. The highest BCUT2D eigenvalue weighted by molar-refractivity contribution is 5.99. The highest BCUT2D eigenvalue weighted by atomic mass is 19.4. The molecule has 0 saturated heterocycles. The first-order valence-corrected chi connectivity index (χ1v) is 11.9. The summed E-state index contributed by atoms with van der Waals surface area (Å²) >= 11 is 0. The molecule has 0 bridgehead atoms. The van der Waals surface area contributed by atoms with Crippen molar-refractivity contribution < 1.29 is 23.1 Å². The number of rotatable bonds is 6. The average Bonchev–Trinajstić information content (AvgIpc) is 3.11. The van der Waals surface area contributed by atoms with Crippen molar-refractivity contribution in [3.05, 3.63) is 59.3 Å². The maximum absolute atomic E-state index is 13.0. The van der Waals surface area contributed by atoms with E-state index in [2.05, 4.69) is 48.6 Å². The molecule has 0 heterocycles. The molecule has 182 valence electrons. The SMILES string of the molecule is C=C1/C(=C\C=C2/CCCC3(C)C(C(C)C/C=C/C(=N\OC)C(F)(F)F)=CCC23)CCCC1O. The van der Waals surface area contributed by atoms with Crippen molar-refractivity contribution in [2.24, 2.45) is 22.4 Å². The van der Waals surface area contributed by atoms with Crippen LogP contribution in [0.25, 0.3) is 0 Å². The number of nitrogens with zero attached hydrogens (tertiary/aromatic N) is 1. The molecule has 2 saturated carbocycles. The van der Waals surface area contributed by atoms with Gasteiger partial charge in [-0.3, -0.25) is 0 Å². The number of hydrogen-bond donors (Lipinski definition) is 1. The number of oxime groups is 1. The van der Waals surface area contributed by atoms with Crippen molar-refractivity contribution in [1.29, 1.82) is 0 Å².